The first-order chi connectivity index (χ1) is 12.6. The molecule has 7 nitrogen and oxygen atoms in total. The monoisotopic (exact) mass is 382 g/mol. The molecule has 0 bridgehead atoms. The summed E-state index contributed by atoms with van der Waals surface area (Å²) in [6, 6.07) is 7.26. The number of hydrogen-bond donors (Lipinski definition) is 1. The van der Waals surface area contributed by atoms with Crippen molar-refractivity contribution in [2.75, 3.05) is 13.1 Å². The molecule has 0 spiro atoms. The number of benzene rings is 1. The highest BCUT2D eigenvalue weighted by atomic mass is 19.4. The van der Waals surface area contributed by atoms with Crippen LogP contribution in [-0.4, -0.2) is 56.1 Å². The maximum Gasteiger partial charge on any atom is 0.394 e. The molecule has 3 rings (SSSR count). The van der Waals surface area contributed by atoms with E-state index in [1.54, 1.807) is 19.1 Å². The van der Waals surface area contributed by atoms with E-state index in [2.05, 4.69) is 10.3 Å². The Hall–Kier alpha value is -2.91. The Morgan fingerprint density at radius 1 is 1.15 bits per heavy atom. The summed E-state index contributed by atoms with van der Waals surface area (Å²) in [5.74, 6) is -6.13. The second-order valence-electron chi connectivity index (χ2n) is 6.57. The molecule has 27 heavy (non-hydrogen) atoms. The third-order valence-corrected chi connectivity index (χ3v) is 4.72. The van der Waals surface area contributed by atoms with Crippen molar-refractivity contribution in [1.29, 1.82) is 0 Å². The number of amides is 1. The van der Waals surface area contributed by atoms with Crippen molar-refractivity contribution in [1.82, 2.24) is 19.9 Å². The molecule has 1 aromatic carbocycles. The predicted octanol–water partition coefficient (Wildman–Crippen LogP) is 2.22. The molecular weight excluding hydrogens is 365 g/mol. The molecule has 0 unspecified atom stereocenters. The van der Waals surface area contributed by atoms with Crippen molar-refractivity contribution in [3.63, 3.8) is 0 Å². The quantitative estimate of drug-likeness (QED) is 0.879. The van der Waals surface area contributed by atoms with Gasteiger partial charge in [0.2, 0.25) is 0 Å². The number of likely N-dealkylation sites (tertiary alicyclic amines) is 1. The number of nitrogens with zero attached hydrogens (tertiary/aromatic N) is 4. The smallest absolute Gasteiger partial charge is 0.394 e. The average molecular weight is 382 g/mol. The Bertz CT molecular complexity index is 877. The number of rotatable bonds is 3. The lowest BCUT2D eigenvalue weighted by atomic mass is 9.96. The van der Waals surface area contributed by atoms with Gasteiger partial charge in [-0.25, -0.2) is 4.68 Å². The van der Waals surface area contributed by atoms with Crippen molar-refractivity contribution >= 4 is 11.9 Å². The van der Waals surface area contributed by atoms with Crippen molar-refractivity contribution in [3.05, 3.63) is 41.2 Å². The van der Waals surface area contributed by atoms with E-state index >= 15 is 0 Å². The zero-order chi connectivity index (χ0) is 19.9. The summed E-state index contributed by atoms with van der Waals surface area (Å²) in [4.78, 5) is 24.7. The molecule has 2 atom stereocenters. The molecule has 144 valence electrons. The molecule has 0 radical (unpaired) electrons. The van der Waals surface area contributed by atoms with E-state index in [0.717, 1.165) is 10.5 Å². The van der Waals surface area contributed by atoms with Crippen LogP contribution in [-0.2, 0) is 4.79 Å². The molecular formula is C17H17F3N4O3. The van der Waals surface area contributed by atoms with Gasteiger partial charge in [-0.15, -0.1) is 5.10 Å². The summed E-state index contributed by atoms with van der Waals surface area (Å²) >= 11 is 0. The highest BCUT2D eigenvalue weighted by Gasteiger charge is 2.53. The molecule has 1 saturated heterocycles. The third kappa shape index (κ3) is 3.51. The van der Waals surface area contributed by atoms with Crippen LogP contribution in [0, 0.1) is 25.7 Å². The van der Waals surface area contributed by atoms with Gasteiger partial charge < -0.3 is 10.0 Å². The predicted molar refractivity (Wildman–Crippen MR) is 87.4 cm³/mol. The van der Waals surface area contributed by atoms with Gasteiger partial charge >= 0.3 is 12.1 Å². The van der Waals surface area contributed by atoms with E-state index < -0.39 is 43.0 Å². The molecule has 1 aliphatic rings. The molecule has 2 heterocycles. The van der Waals surface area contributed by atoms with Crippen molar-refractivity contribution in [3.8, 4) is 5.69 Å². The van der Waals surface area contributed by atoms with Gasteiger partial charge in [-0.3, -0.25) is 9.59 Å². The Morgan fingerprint density at radius 2 is 1.78 bits per heavy atom. The summed E-state index contributed by atoms with van der Waals surface area (Å²) < 4.78 is 40.8. The number of alkyl halides is 3. The lowest BCUT2D eigenvalue weighted by Gasteiger charge is -2.18. The van der Waals surface area contributed by atoms with E-state index in [4.69, 9.17) is 5.11 Å². The van der Waals surface area contributed by atoms with Crippen LogP contribution in [0.4, 0.5) is 13.2 Å². The molecule has 1 fully saturated rings. The van der Waals surface area contributed by atoms with Gasteiger partial charge in [-0.2, -0.15) is 13.2 Å². The lowest BCUT2D eigenvalue weighted by molar-refractivity contribution is -0.187. The van der Waals surface area contributed by atoms with Crippen molar-refractivity contribution in [2.24, 2.45) is 11.8 Å². The number of aryl methyl sites for hydroxylation is 1. The minimum Gasteiger partial charge on any atom is -0.481 e. The van der Waals surface area contributed by atoms with Crippen LogP contribution in [0.15, 0.2) is 24.3 Å². The summed E-state index contributed by atoms with van der Waals surface area (Å²) in [5, 5.41) is 16.8. The average Bonchev–Trinajstić information content (AvgIpc) is 3.19. The van der Waals surface area contributed by atoms with E-state index in [9.17, 15) is 22.8 Å². The van der Waals surface area contributed by atoms with Crippen LogP contribution in [0.25, 0.3) is 5.69 Å². The molecule has 0 aliphatic carbocycles. The minimum atomic E-state index is -4.70. The van der Waals surface area contributed by atoms with E-state index in [1.807, 2.05) is 19.1 Å². The zero-order valence-corrected chi connectivity index (χ0v) is 14.6. The normalized spacial score (nSPS) is 20.1. The van der Waals surface area contributed by atoms with Gasteiger partial charge in [-0.05, 0) is 26.0 Å². The van der Waals surface area contributed by atoms with E-state index in [1.165, 1.54) is 4.68 Å². The number of hydrogen-bond acceptors (Lipinski definition) is 4. The van der Waals surface area contributed by atoms with Gasteiger partial charge in [0.15, 0.2) is 5.69 Å². The van der Waals surface area contributed by atoms with Crippen LogP contribution in [0.5, 0.6) is 0 Å². The van der Waals surface area contributed by atoms with E-state index in [0.29, 0.717) is 11.4 Å². The Morgan fingerprint density at radius 3 is 2.30 bits per heavy atom. The van der Waals surface area contributed by atoms with Crippen LogP contribution < -0.4 is 0 Å². The summed E-state index contributed by atoms with van der Waals surface area (Å²) in [6.07, 6.45) is -4.70. The second kappa shape index (κ2) is 6.67. The first kappa shape index (κ1) is 18.9. The Kier molecular flexibility index (Phi) is 4.66. The van der Waals surface area contributed by atoms with Gasteiger partial charge in [0.05, 0.1) is 23.2 Å². The summed E-state index contributed by atoms with van der Waals surface area (Å²) in [5.41, 5.74) is 1.96. The standard InChI is InChI=1S/C17H17F3N4O3/c1-9-3-5-11(6-4-9)24-10(2)14(21-22-24)15(25)23-7-12(16(26)27)13(8-23)17(18,19)20/h3-6,12-13H,7-8H2,1-2H3,(H,26,27)/t12-,13-/m1/s1. The van der Waals surface area contributed by atoms with E-state index in [-0.39, 0.29) is 5.69 Å². The number of carboxylic acids is 1. The zero-order valence-electron chi connectivity index (χ0n) is 14.6. The fourth-order valence-corrected chi connectivity index (χ4v) is 3.16. The highest BCUT2D eigenvalue weighted by Crippen LogP contribution is 2.38. The number of carbonyl (C=O) groups excluding carboxylic acids is 1. The SMILES string of the molecule is Cc1ccc(-n2nnc(C(=O)N3C[C@@H](C(F)(F)F)[C@H](C(=O)O)C3)c2C)cc1. The van der Waals surface area contributed by atoms with Crippen LogP contribution >= 0.6 is 0 Å². The molecule has 2 aromatic rings. The highest BCUT2D eigenvalue weighted by molar-refractivity contribution is 5.94. The lowest BCUT2D eigenvalue weighted by Crippen LogP contribution is -2.34. The summed E-state index contributed by atoms with van der Waals surface area (Å²) in [6.45, 7) is 2.26. The molecule has 1 N–H and O–H groups in total. The number of halogens is 3. The Labute approximate surface area is 152 Å². The van der Waals surface area contributed by atoms with Crippen LogP contribution in [0.1, 0.15) is 21.7 Å². The van der Waals surface area contributed by atoms with Crippen molar-refractivity contribution in [2.45, 2.75) is 20.0 Å². The molecule has 0 saturated carbocycles. The first-order valence-electron chi connectivity index (χ1n) is 8.17. The molecule has 1 aromatic heterocycles. The third-order valence-electron chi connectivity index (χ3n) is 4.72. The first-order valence-corrected chi connectivity index (χ1v) is 8.17. The maximum atomic E-state index is 13.1. The second-order valence-corrected chi connectivity index (χ2v) is 6.57. The van der Waals surface area contributed by atoms with Crippen LogP contribution in [0.3, 0.4) is 0 Å². The number of aliphatic carboxylic acids is 1. The molecule has 1 amide bonds. The van der Waals surface area contributed by atoms with Gasteiger partial charge in [0.1, 0.15) is 0 Å². The largest absolute Gasteiger partial charge is 0.481 e. The maximum absolute atomic E-state index is 13.1. The minimum absolute atomic E-state index is 0.0949. The fourth-order valence-electron chi connectivity index (χ4n) is 3.16. The van der Waals surface area contributed by atoms with Gasteiger partial charge in [0, 0.05) is 13.1 Å². The number of carboxylic acid groups (broad SMARTS) is 1. The van der Waals surface area contributed by atoms with Gasteiger partial charge in [0.25, 0.3) is 5.91 Å². The van der Waals surface area contributed by atoms with Gasteiger partial charge in [-0.1, -0.05) is 22.9 Å². The Balaban J connectivity index is 1.87. The van der Waals surface area contributed by atoms with Crippen LogP contribution in [0.2, 0.25) is 0 Å². The van der Waals surface area contributed by atoms with Crippen molar-refractivity contribution < 1.29 is 27.9 Å². The number of aromatic nitrogens is 3. The summed E-state index contributed by atoms with van der Waals surface area (Å²) in [7, 11) is 0. The fraction of sp³-hybridized carbons (Fsp3) is 0.412. The molecule has 1 aliphatic heterocycles. The number of carbonyl (C=O) groups is 2. The molecule has 10 heteroatoms. The topological polar surface area (TPSA) is 88.3 Å².